The van der Waals surface area contributed by atoms with Crippen molar-refractivity contribution in [2.24, 2.45) is 5.92 Å². The van der Waals surface area contributed by atoms with Gasteiger partial charge in [-0.1, -0.05) is 50.2 Å². The van der Waals surface area contributed by atoms with E-state index in [1.165, 1.54) is 4.90 Å². The minimum atomic E-state index is -1.23. The Labute approximate surface area is 436 Å². The maximum atomic E-state index is 14.5. The summed E-state index contributed by atoms with van der Waals surface area (Å²) in [6.45, 7) is 10.1. The zero-order chi connectivity index (χ0) is 52.0. The highest BCUT2D eigenvalue weighted by atomic mass is 19.1. The van der Waals surface area contributed by atoms with Crippen molar-refractivity contribution >= 4 is 29.0 Å². The number of nitrogen functional groups attached to an aromatic ring is 1. The summed E-state index contributed by atoms with van der Waals surface area (Å²) in [5, 5.41) is 36.8. The Morgan fingerprint density at radius 3 is 2.36 bits per heavy atom. The van der Waals surface area contributed by atoms with Crippen molar-refractivity contribution in [1.82, 2.24) is 35.5 Å². The molecule has 2 unspecified atom stereocenters. The highest BCUT2D eigenvalue weighted by Gasteiger charge is 2.46. The highest BCUT2D eigenvalue weighted by Crippen LogP contribution is 2.49. The maximum absolute atomic E-state index is 14.5. The average Bonchev–Trinajstić information content (AvgIpc) is 3.64. The molecule has 2 aliphatic carbocycles. The number of fused-ring (bicyclic) bond motifs is 2. The third-order valence-corrected chi connectivity index (χ3v) is 16.3. The standard InChI is InChI=1S/C56H69FN10O8/c1-33(2)52(55(71)66-32-40(68)25-47(66)54(70)60-34(3)35-8-10-36(11-9-35)56(57)17-18-56)49-29-51(63-75-49)72-23-22-64-20-15-41(16-21-64)73-42-26-43(27-42)74-50-24-37(14-19-59-50)67-38-12-13-39(67)31-65(30-38)46-28-45(61-62-53(46)58)44-6-4-5-7-48(44)69/h4-11,14,19,24,28-29,33-34,38-43,47,52,68-69H,12-13,15-18,20-23,25-27,30-32H2,1-3H3,(H2,58,62)(H,60,70)/t34-,38?,39?,40+,42?,43?,47-,52+/m0/s1. The van der Waals surface area contributed by atoms with Gasteiger partial charge in [0.05, 0.1) is 35.7 Å². The van der Waals surface area contributed by atoms with Gasteiger partial charge in [0.2, 0.25) is 17.7 Å². The Morgan fingerprint density at radius 2 is 1.64 bits per heavy atom. The molecule has 7 heterocycles. The van der Waals surface area contributed by atoms with Gasteiger partial charge >= 0.3 is 0 Å². The van der Waals surface area contributed by atoms with E-state index in [1.54, 1.807) is 30.3 Å². The number of aromatic hydroxyl groups is 1. The quantitative estimate of drug-likeness (QED) is 0.0720. The number of para-hydroxylation sites is 1. The number of hydrogen-bond acceptors (Lipinski definition) is 16. The van der Waals surface area contributed by atoms with E-state index >= 15 is 0 Å². The first kappa shape index (κ1) is 50.6. The number of aliphatic hydroxyl groups excluding tert-OH is 1. The average molecular weight is 1030 g/mol. The Morgan fingerprint density at radius 1 is 0.893 bits per heavy atom. The van der Waals surface area contributed by atoms with Gasteiger partial charge in [0.1, 0.15) is 36.1 Å². The Balaban J connectivity index is 0.600. The van der Waals surface area contributed by atoms with Crippen molar-refractivity contribution in [2.75, 3.05) is 61.4 Å². The molecule has 6 fully saturated rings. The summed E-state index contributed by atoms with van der Waals surface area (Å²) >= 11 is 0. The van der Waals surface area contributed by atoms with Crippen molar-refractivity contribution in [3.05, 3.63) is 95.9 Å². The number of nitrogens with one attached hydrogen (secondary N) is 1. The number of piperidine rings is 1. The second kappa shape index (κ2) is 21.2. The SMILES string of the molecule is CC(C)[C@@H](C(=O)N1C[C@H](O)C[C@H]1C(=O)N[C@@H](C)c1ccc(C2(F)CC2)cc1)c1cc(OCCN2CCC(OC3CC(Oc4cc(N5C6CCC5CN(c5cc(-c7ccccc7O)nnc5N)C6)ccn4)C3)CC2)no1. The molecule has 0 radical (unpaired) electrons. The molecule has 6 aliphatic rings. The molecular weight excluding hydrogens is 960 g/mol. The van der Waals surface area contributed by atoms with Crippen LogP contribution in [0, 0.1) is 5.92 Å². The molecule has 2 bridgehead atoms. The van der Waals surface area contributed by atoms with Gasteiger partial charge in [-0.15, -0.1) is 10.2 Å². The topological polar surface area (TPSA) is 218 Å². The monoisotopic (exact) mass is 1030 g/mol. The number of pyridine rings is 1. The number of likely N-dealkylation sites (tertiary alicyclic amines) is 2. The number of phenols is 1. The number of piperazine rings is 1. The van der Waals surface area contributed by atoms with E-state index in [-0.39, 0.29) is 72.9 Å². The Bertz CT molecular complexity index is 2800. The van der Waals surface area contributed by atoms with Gasteiger partial charge in [-0.2, -0.15) is 0 Å². The van der Waals surface area contributed by atoms with E-state index in [1.807, 2.05) is 57.3 Å². The molecule has 18 nitrogen and oxygen atoms in total. The number of benzene rings is 2. The molecule has 2 amide bonds. The zero-order valence-corrected chi connectivity index (χ0v) is 43.0. The predicted octanol–water partition coefficient (Wildman–Crippen LogP) is 6.68. The van der Waals surface area contributed by atoms with Gasteiger partial charge < -0.3 is 54.7 Å². The first-order valence-electron chi connectivity index (χ1n) is 26.9. The predicted molar refractivity (Wildman–Crippen MR) is 278 cm³/mol. The third kappa shape index (κ3) is 10.9. The van der Waals surface area contributed by atoms with Crippen molar-refractivity contribution in [1.29, 1.82) is 0 Å². The van der Waals surface area contributed by atoms with Gasteiger partial charge in [0, 0.05) is 100 Å². The molecule has 6 atom stereocenters. The van der Waals surface area contributed by atoms with E-state index in [2.05, 4.69) is 52.5 Å². The number of rotatable bonds is 18. The summed E-state index contributed by atoms with van der Waals surface area (Å²) in [6, 6.07) is 21.4. The summed E-state index contributed by atoms with van der Waals surface area (Å²) in [5.74, 6) is 0.192. The summed E-state index contributed by atoms with van der Waals surface area (Å²) in [4.78, 5) is 41.0. The van der Waals surface area contributed by atoms with Crippen LogP contribution in [0.5, 0.6) is 17.5 Å². The molecule has 11 rings (SSSR count). The van der Waals surface area contributed by atoms with Crippen LogP contribution in [0.25, 0.3) is 11.3 Å². The molecule has 4 aliphatic heterocycles. The van der Waals surface area contributed by atoms with Crippen LogP contribution in [0.15, 0.2) is 83.5 Å². The van der Waals surface area contributed by atoms with E-state index in [0.717, 1.165) is 81.6 Å². The van der Waals surface area contributed by atoms with E-state index < -0.39 is 23.7 Å². The second-order valence-electron chi connectivity index (χ2n) is 21.9. The number of hydrogen-bond donors (Lipinski definition) is 4. The first-order valence-corrected chi connectivity index (χ1v) is 26.9. The van der Waals surface area contributed by atoms with Crippen LogP contribution in [-0.4, -0.2) is 141 Å². The molecule has 398 valence electrons. The van der Waals surface area contributed by atoms with Crippen LogP contribution >= 0.6 is 0 Å². The van der Waals surface area contributed by atoms with Gasteiger partial charge in [0.15, 0.2) is 11.6 Å². The number of aliphatic hydroxyl groups is 1. The van der Waals surface area contributed by atoms with Crippen LogP contribution in [0.2, 0.25) is 0 Å². The molecule has 5 aromatic rings. The van der Waals surface area contributed by atoms with E-state index in [4.69, 9.17) is 24.5 Å². The maximum Gasteiger partial charge on any atom is 0.254 e. The van der Waals surface area contributed by atoms with Gasteiger partial charge in [-0.25, -0.2) is 9.37 Å². The second-order valence-corrected chi connectivity index (χ2v) is 21.9. The van der Waals surface area contributed by atoms with E-state index in [0.29, 0.717) is 66.2 Å². The fraction of sp³-hybridized carbons (Fsp3) is 0.536. The lowest BCUT2D eigenvalue weighted by Gasteiger charge is -2.43. The summed E-state index contributed by atoms with van der Waals surface area (Å²) in [5.41, 5.74) is 9.79. The lowest BCUT2D eigenvalue weighted by Crippen LogP contribution is -2.54. The molecular formula is C56H69FN10O8. The van der Waals surface area contributed by atoms with Crippen LogP contribution in [-0.2, 0) is 20.0 Å². The third-order valence-electron chi connectivity index (χ3n) is 16.3. The van der Waals surface area contributed by atoms with Crippen molar-refractivity contribution in [3.8, 4) is 28.8 Å². The van der Waals surface area contributed by atoms with Crippen molar-refractivity contribution in [3.63, 3.8) is 0 Å². The molecule has 4 saturated heterocycles. The largest absolute Gasteiger partial charge is 0.507 e. The molecule has 2 saturated carbocycles. The summed E-state index contributed by atoms with van der Waals surface area (Å²) in [6.07, 6.45) is 8.19. The number of nitrogens with two attached hydrogens (primary N) is 1. The molecule has 2 aromatic carbocycles. The van der Waals surface area contributed by atoms with Gasteiger partial charge in [-0.3, -0.25) is 14.5 Å². The first-order chi connectivity index (χ1) is 36.2. The number of amides is 2. The van der Waals surface area contributed by atoms with Crippen LogP contribution in [0.1, 0.15) is 107 Å². The number of phenolic OH excluding ortho intramolecular Hbond substituents is 1. The number of alkyl halides is 1. The number of carbonyl (C=O) groups is 2. The van der Waals surface area contributed by atoms with Crippen LogP contribution in [0.3, 0.4) is 0 Å². The number of β-amino-alcohol motifs (C(OH)–C–C–N with tert-alkyl or cyclic N) is 1. The van der Waals surface area contributed by atoms with Crippen LogP contribution in [0.4, 0.5) is 21.6 Å². The minimum Gasteiger partial charge on any atom is -0.507 e. The Kier molecular flexibility index (Phi) is 14.3. The zero-order valence-electron chi connectivity index (χ0n) is 43.0. The fourth-order valence-electron chi connectivity index (χ4n) is 11.9. The number of anilines is 3. The minimum absolute atomic E-state index is 0.0294. The number of ether oxygens (including phenoxy) is 3. The highest BCUT2D eigenvalue weighted by molar-refractivity contribution is 5.91. The molecule has 75 heavy (non-hydrogen) atoms. The van der Waals surface area contributed by atoms with Crippen molar-refractivity contribution < 1.29 is 42.9 Å². The molecule has 3 aromatic heterocycles. The molecule has 0 spiro atoms. The van der Waals surface area contributed by atoms with Crippen LogP contribution < -0.4 is 30.3 Å². The smallest absolute Gasteiger partial charge is 0.254 e. The number of aromatic nitrogens is 4. The van der Waals surface area contributed by atoms with E-state index in [9.17, 15) is 24.2 Å². The number of carbonyl (C=O) groups excluding carboxylic acids is 2. The molecule has 5 N–H and O–H groups in total. The summed E-state index contributed by atoms with van der Waals surface area (Å²) < 4.78 is 39.2. The van der Waals surface area contributed by atoms with Gasteiger partial charge in [-0.05, 0) is 91.9 Å². The lowest BCUT2D eigenvalue weighted by molar-refractivity contribution is -0.141. The van der Waals surface area contributed by atoms with Gasteiger partial charge in [0.25, 0.3) is 5.88 Å². The number of halogens is 1. The fourth-order valence-corrected chi connectivity index (χ4v) is 11.9. The lowest BCUT2D eigenvalue weighted by atomic mass is 9.91. The summed E-state index contributed by atoms with van der Waals surface area (Å²) in [7, 11) is 0. The van der Waals surface area contributed by atoms with Crippen molar-refractivity contribution in [2.45, 2.75) is 139 Å². The number of nitrogens with zero attached hydrogens (tertiary/aromatic N) is 8. The molecule has 19 heteroatoms. The Hall–Kier alpha value is -6.57. The normalized spacial score (nSPS) is 25.2.